The lowest BCUT2D eigenvalue weighted by molar-refractivity contribution is 0.249. The van der Waals surface area contributed by atoms with E-state index in [0.29, 0.717) is 5.92 Å². The number of benzene rings is 2. The van der Waals surface area contributed by atoms with E-state index in [1.807, 2.05) is 26.0 Å². The van der Waals surface area contributed by atoms with Crippen LogP contribution in [0.3, 0.4) is 0 Å². The van der Waals surface area contributed by atoms with Gasteiger partial charge in [0.1, 0.15) is 0 Å². The van der Waals surface area contributed by atoms with Crippen LogP contribution in [0.1, 0.15) is 28.7 Å². The van der Waals surface area contributed by atoms with Crippen molar-refractivity contribution < 1.29 is 4.79 Å². The minimum atomic E-state index is -0.119. The molecule has 1 atom stereocenters. The average Bonchev–Trinajstić information content (AvgIpc) is 3.02. The van der Waals surface area contributed by atoms with E-state index < -0.39 is 0 Å². The van der Waals surface area contributed by atoms with E-state index in [9.17, 15) is 4.79 Å². The molecule has 4 nitrogen and oxygen atoms in total. The van der Waals surface area contributed by atoms with Crippen molar-refractivity contribution in [1.82, 2.24) is 10.2 Å². The highest BCUT2D eigenvalue weighted by Crippen LogP contribution is 2.19. The molecule has 3 rings (SSSR count). The number of nitrogens with one attached hydrogen (secondary N) is 2. The summed E-state index contributed by atoms with van der Waals surface area (Å²) in [6.07, 6.45) is 1.13. The van der Waals surface area contributed by atoms with Crippen molar-refractivity contribution in [1.29, 1.82) is 0 Å². The minimum absolute atomic E-state index is 0.119. The second-order valence-corrected chi connectivity index (χ2v) is 7.59. The van der Waals surface area contributed by atoms with E-state index >= 15 is 0 Å². The number of urea groups is 1. The molecule has 1 aliphatic rings. The molecule has 26 heavy (non-hydrogen) atoms. The summed E-state index contributed by atoms with van der Waals surface area (Å²) in [6, 6.07) is 14.7. The van der Waals surface area contributed by atoms with Crippen LogP contribution < -0.4 is 10.6 Å². The standard InChI is InChI=1S/C22H29N3O/c1-16-4-6-19(7-5-16)14-25-9-8-20(15-25)13-23-22(26)24-21-11-17(2)10-18(3)12-21/h4-7,10-12,20H,8-9,13-15H2,1-3H3,(H2,23,24,26)/t20-/m1/s1. The van der Waals surface area contributed by atoms with Gasteiger partial charge in [-0.15, -0.1) is 0 Å². The van der Waals surface area contributed by atoms with Gasteiger partial charge >= 0.3 is 6.03 Å². The van der Waals surface area contributed by atoms with Gasteiger partial charge in [0.05, 0.1) is 0 Å². The normalized spacial score (nSPS) is 17.3. The summed E-state index contributed by atoms with van der Waals surface area (Å²) < 4.78 is 0. The number of carbonyl (C=O) groups excluding carboxylic acids is 1. The zero-order valence-electron chi connectivity index (χ0n) is 16.0. The molecule has 2 amide bonds. The maximum Gasteiger partial charge on any atom is 0.319 e. The number of likely N-dealkylation sites (tertiary alicyclic amines) is 1. The van der Waals surface area contributed by atoms with Gasteiger partial charge in [-0.3, -0.25) is 4.90 Å². The summed E-state index contributed by atoms with van der Waals surface area (Å²) in [7, 11) is 0. The minimum Gasteiger partial charge on any atom is -0.338 e. The number of anilines is 1. The van der Waals surface area contributed by atoms with E-state index in [2.05, 4.69) is 52.8 Å². The van der Waals surface area contributed by atoms with Gasteiger partial charge in [0, 0.05) is 25.3 Å². The van der Waals surface area contributed by atoms with Crippen molar-refractivity contribution in [2.75, 3.05) is 25.0 Å². The van der Waals surface area contributed by atoms with E-state index in [0.717, 1.165) is 49.4 Å². The molecule has 4 heteroatoms. The molecule has 2 aromatic rings. The third-order valence-corrected chi connectivity index (χ3v) is 4.93. The summed E-state index contributed by atoms with van der Waals surface area (Å²) in [5, 5.41) is 5.97. The predicted octanol–water partition coefficient (Wildman–Crippen LogP) is 4.26. The molecule has 0 spiro atoms. The topological polar surface area (TPSA) is 44.4 Å². The fraction of sp³-hybridized carbons (Fsp3) is 0.409. The van der Waals surface area contributed by atoms with Crippen LogP contribution in [0.5, 0.6) is 0 Å². The zero-order valence-corrected chi connectivity index (χ0v) is 16.0. The Bertz CT molecular complexity index is 734. The summed E-state index contributed by atoms with van der Waals surface area (Å²) in [6.45, 7) is 10.0. The van der Waals surface area contributed by atoms with Crippen molar-refractivity contribution in [3.8, 4) is 0 Å². The maximum absolute atomic E-state index is 12.2. The van der Waals surface area contributed by atoms with Gasteiger partial charge in [-0.25, -0.2) is 4.79 Å². The number of hydrogen-bond donors (Lipinski definition) is 2. The largest absolute Gasteiger partial charge is 0.338 e. The van der Waals surface area contributed by atoms with Crippen LogP contribution in [0.15, 0.2) is 42.5 Å². The van der Waals surface area contributed by atoms with Crippen molar-refractivity contribution >= 4 is 11.7 Å². The molecule has 138 valence electrons. The van der Waals surface area contributed by atoms with Gasteiger partial charge < -0.3 is 10.6 Å². The first kappa shape index (κ1) is 18.5. The van der Waals surface area contributed by atoms with Gasteiger partial charge in [-0.2, -0.15) is 0 Å². The highest BCUT2D eigenvalue weighted by Gasteiger charge is 2.22. The molecule has 0 aromatic heterocycles. The number of carbonyl (C=O) groups is 1. The van der Waals surface area contributed by atoms with Crippen molar-refractivity contribution in [3.05, 3.63) is 64.7 Å². The van der Waals surface area contributed by atoms with Crippen LogP contribution in [0, 0.1) is 26.7 Å². The predicted molar refractivity (Wildman–Crippen MR) is 108 cm³/mol. The third-order valence-electron chi connectivity index (χ3n) is 4.93. The zero-order chi connectivity index (χ0) is 18.5. The number of hydrogen-bond acceptors (Lipinski definition) is 2. The van der Waals surface area contributed by atoms with Crippen LogP contribution in [-0.4, -0.2) is 30.6 Å². The first-order valence-electron chi connectivity index (χ1n) is 9.39. The van der Waals surface area contributed by atoms with Gasteiger partial charge in [0.15, 0.2) is 0 Å². The SMILES string of the molecule is Cc1ccc(CN2CC[C@H](CNC(=O)Nc3cc(C)cc(C)c3)C2)cc1. The van der Waals surface area contributed by atoms with Gasteiger partial charge in [-0.1, -0.05) is 35.9 Å². The summed E-state index contributed by atoms with van der Waals surface area (Å²) in [5.41, 5.74) is 5.82. The number of aryl methyl sites for hydroxylation is 3. The molecule has 0 bridgehead atoms. The highest BCUT2D eigenvalue weighted by atomic mass is 16.2. The van der Waals surface area contributed by atoms with Gasteiger partial charge in [0.25, 0.3) is 0 Å². The second-order valence-electron chi connectivity index (χ2n) is 7.59. The smallest absolute Gasteiger partial charge is 0.319 e. The first-order chi connectivity index (χ1) is 12.5. The van der Waals surface area contributed by atoms with Gasteiger partial charge in [-0.05, 0) is 68.5 Å². The fourth-order valence-electron chi connectivity index (χ4n) is 3.63. The van der Waals surface area contributed by atoms with Crippen LogP contribution in [0.2, 0.25) is 0 Å². The van der Waals surface area contributed by atoms with E-state index in [-0.39, 0.29) is 6.03 Å². The van der Waals surface area contributed by atoms with Crippen LogP contribution in [-0.2, 0) is 6.54 Å². The Morgan fingerprint density at radius 3 is 2.42 bits per heavy atom. The number of rotatable bonds is 5. The lowest BCUT2D eigenvalue weighted by Crippen LogP contribution is -2.34. The molecular weight excluding hydrogens is 322 g/mol. The summed E-state index contributed by atoms with van der Waals surface area (Å²) in [4.78, 5) is 14.6. The van der Waals surface area contributed by atoms with Crippen LogP contribution >= 0.6 is 0 Å². The van der Waals surface area contributed by atoms with E-state index in [1.165, 1.54) is 11.1 Å². The Morgan fingerprint density at radius 1 is 1.04 bits per heavy atom. The Hall–Kier alpha value is -2.33. The van der Waals surface area contributed by atoms with Crippen molar-refractivity contribution in [2.45, 2.75) is 33.7 Å². The summed E-state index contributed by atoms with van der Waals surface area (Å²) >= 11 is 0. The lowest BCUT2D eigenvalue weighted by Gasteiger charge is -2.17. The highest BCUT2D eigenvalue weighted by molar-refractivity contribution is 5.89. The molecule has 2 N–H and O–H groups in total. The molecule has 1 fully saturated rings. The Morgan fingerprint density at radius 2 is 1.73 bits per heavy atom. The second kappa shape index (κ2) is 8.37. The Labute approximate surface area is 156 Å². The summed E-state index contributed by atoms with van der Waals surface area (Å²) in [5.74, 6) is 0.519. The molecule has 0 unspecified atom stereocenters. The Balaban J connectivity index is 1.42. The lowest BCUT2D eigenvalue weighted by atomic mass is 10.1. The Kier molecular flexibility index (Phi) is 5.94. The third kappa shape index (κ3) is 5.33. The fourth-order valence-corrected chi connectivity index (χ4v) is 3.63. The first-order valence-corrected chi connectivity index (χ1v) is 9.39. The maximum atomic E-state index is 12.2. The van der Waals surface area contributed by atoms with E-state index in [4.69, 9.17) is 0 Å². The molecule has 2 aromatic carbocycles. The molecular formula is C22H29N3O. The van der Waals surface area contributed by atoms with Crippen LogP contribution in [0.4, 0.5) is 10.5 Å². The monoisotopic (exact) mass is 351 g/mol. The molecule has 1 aliphatic heterocycles. The average molecular weight is 351 g/mol. The molecule has 0 aliphatic carbocycles. The molecule has 0 radical (unpaired) electrons. The van der Waals surface area contributed by atoms with E-state index in [1.54, 1.807) is 0 Å². The van der Waals surface area contributed by atoms with Crippen molar-refractivity contribution in [3.63, 3.8) is 0 Å². The molecule has 1 saturated heterocycles. The number of amides is 2. The van der Waals surface area contributed by atoms with Crippen molar-refractivity contribution in [2.24, 2.45) is 5.92 Å². The molecule has 0 saturated carbocycles. The molecule has 1 heterocycles. The number of nitrogens with zero attached hydrogens (tertiary/aromatic N) is 1. The van der Waals surface area contributed by atoms with Gasteiger partial charge in [0.2, 0.25) is 0 Å². The quantitative estimate of drug-likeness (QED) is 0.845. The van der Waals surface area contributed by atoms with Crippen LogP contribution in [0.25, 0.3) is 0 Å².